The molecule has 2 aromatic heterocycles. The Bertz CT molecular complexity index is 1880. The fourth-order valence-corrected chi connectivity index (χ4v) is 5.72. The summed E-state index contributed by atoms with van der Waals surface area (Å²) in [5.74, 6) is 1.47. The monoisotopic (exact) mass is 599 g/mol. The van der Waals surface area contributed by atoms with Gasteiger partial charge in [-0.15, -0.1) is 0 Å². The number of aromatic hydroxyl groups is 1. The zero-order valence-corrected chi connectivity index (χ0v) is 24.2. The van der Waals surface area contributed by atoms with Crippen LogP contribution in [0.5, 0.6) is 23.0 Å². The highest BCUT2D eigenvalue weighted by Crippen LogP contribution is 2.39. The molecule has 10 heteroatoms. The van der Waals surface area contributed by atoms with Gasteiger partial charge >= 0.3 is 0 Å². The third-order valence-corrected chi connectivity index (χ3v) is 7.92. The Morgan fingerprint density at radius 2 is 1.78 bits per heavy atom. The number of fused-ring (bicyclic) bond motifs is 6. The fraction of sp³-hybridized carbons (Fsp3) is 0.171. The molecule has 3 aromatic carbocycles. The molecule has 0 aliphatic carbocycles. The van der Waals surface area contributed by atoms with Crippen molar-refractivity contribution in [2.75, 3.05) is 19.7 Å². The highest BCUT2D eigenvalue weighted by molar-refractivity contribution is 5.97. The van der Waals surface area contributed by atoms with Gasteiger partial charge in [0.1, 0.15) is 23.0 Å². The lowest BCUT2D eigenvalue weighted by Crippen LogP contribution is -2.40. The van der Waals surface area contributed by atoms with E-state index < -0.39 is 11.9 Å². The number of rotatable bonds is 2. The van der Waals surface area contributed by atoms with Gasteiger partial charge in [-0.25, -0.2) is 9.97 Å². The van der Waals surface area contributed by atoms with Crippen LogP contribution in [0.4, 0.5) is 0 Å². The van der Waals surface area contributed by atoms with E-state index in [1.54, 1.807) is 30.9 Å². The topological polar surface area (TPSA) is 127 Å². The van der Waals surface area contributed by atoms with Crippen LogP contribution in [0.15, 0.2) is 97.6 Å². The van der Waals surface area contributed by atoms with Gasteiger partial charge in [0.2, 0.25) is 0 Å². The molecular formula is C35H29N5O5. The Balaban J connectivity index is 1.26. The lowest BCUT2D eigenvalue weighted by Gasteiger charge is -2.38. The van der Waals surface area contributed by atoms with E-state index in [-0.39, 0.29) is 17.2 Å². The van der Waals surface area contributed by atoms with Crippen LogP contribution in [-0.2, 0) is 6.42 Å². The maximum absolute atomic E-state index is 14.1. The molecule has 2 amide bonds. The first kappa shape index (κ1) is 28.0. The van der Waals surface area contributed by atoms with E-state index in [2.05, 4.69) is 20.3 Å². The van der Waals surface area contributed by atoms with Crippen molar-refractivity contribution in [3.63, 3.8) is 0 Å². The minimum Gasteiger partial charge on any atom is -0.507 e. The molecule has 0 saturated carbocycles. The van der Waals surface area contributed by atoms with Crippen LogP contribution in [0.1, 0.15) is 49.9 Å². The zero-order valence-electron chi connectivity index (χ0n) is 24.2. The van der Waals surface area contributed by atoms with E-state index >= 15 is 0 Å². The van der Waals surface area contributed by atoms with E-state index in [0.717, 1.165) is 22.3 Å². The lowest BCUT2D eigenvalue weighted by atomic mass is 9.87. The molecular weight excluding hydrogens is 570 g/mol. The molecule has 5 heterocycles. The van der Waals surface area contributed by atoms with E-state index in [1.807, 2.05) is 59.5 Å². The number of nitrogens with one attached hydrogen (secondary N) is 1. The highest BCUT2D eigenvalue weighted by atomic mass is 16.5. The van der Waals surface area contributed by atoms with Gasteiger partial charge in [0, 0.05) is 43.4 Å². The molecule has 10 nitrogen and oxygen atoms in total. The van der Waals surface area contributed by atoms with Crippen molar-refractivity contribution < 1.29 is 24.2 Å². The van der Waals surface area contributed by atoms with Crippen molar-refractivity contribution >= 4 is 11.8 Å². The maximum atomic E-state index is 14.1. The lowest BCUT2D eigenvalue weighted by molar-refractivity contribution is 0.0693. The van der Waals surface area contributed by atoms with Gasteiger partial charge in [-0.2, -0.15) is 0 Å². The second kappa shape index (κ2) is 12.1. The molecule has 5 aromatic rings. The second-order valence-corrected chi connectivity index (χ2v) is 10.9. The third-order valence-electron chi connectivity index (χ3n) is 7.92. The Kier molecular flexibility index (Phi) is 7.52. The fourth-order valence-electron chi connectivity index (χ4n) is 5.72. The number of ether oxygens (including phenoxy) is 2. The Morgan fingerprint density at radius 1 is 0.933 bits per heavy atom. The van der Waals surface area contributed by atoms with Gasteiger partial charge in [-0.3, -0.25) is 14.6 Å². The summed E-state index contributed by atoms with van der Waals surface area (Å²) in [6, 6.07) is 21.4. The van der Waals surface area contributed by atoms with Crippen LogP contribution in [0.25, 0.3) is 11.4 Å². The molecule has 0 radical (unpaired) electrons. The van der Waals surface area contributed by atoms with Gasteiger partial charge < -0.3 is 24.8 Å². The van der Waals surface area contributed by atoms with E-state index in [0.29, 0.717) is 61.2 Å². The summed E-state index contributed by atoms with van der Waals surface area (Å²) < 4.78 is 12.2. The number of pyridine rings is 1. The van der Waals surface area contributed by atoms with Crippen molar-refractivity contribution in [2.24, 2.45) is 0 Å². The number of hydrogen-bond acceptors (Lipinski definition) is 8. The smallest absolute Gasteiger partial charge is 0.257 e. The van der Waals surface area contributed by atoms with Crippen molar-refractivity contribution in [3.8, 4) is 34.4 Å². The summed E-state index contributed by atoms with van der Waals surface area (Å²) in [6.45, 7) is 1.19. The van der Waals surface area contributed by atoms with Crippen LogP contribution < -0.4 is 14.8 Å². The average molecular weight is 600 g/mol. The minimum atomic E-state index is -0.393. The van der Waals surface area contributed by atoms with Crippen LogP contribution in [0, 0.1) is 0 Å². The first-order chi connectivity index (χ1) is 22.0. The number of amides is 2. The Hall–Kier alpha value is -5.77. The minimum absolute atomic E-state index is 0.127. The van der Waals surface area contributed by atoms with Gasteiger partial charge in [0.25, 0.3) is 11.8 Å². The summed E-state index contributed by atoms with van der Waals surface area (Å²) in [7, 11) is 0. The number of carbonyl (C=O) groups is 2. The van der Waals surface area contributed by atoms with Crippen LogP contribution in [0.3, 0.4) is 0 Å². The van der Waals surface area contributed by atoms with E-state index in [4.69, 9.17) is 9.47 Å². The molecule has 1 unspecified atom stereocenters. The number of aromatic nitrogens is 3. The molecule has 8 bridgehead atoms. The Morgan fingerprint density at radius 3 is 2.62 bits per heavy atom. The van der Waals surface area contributed by atoms with Crippen LogP contribution in [-0.4, -0.2) is 56.5 Å². The highest BCUT2D eigenvalue weighted by Gasteiger charge is 2.33. The normalized spacial score (nSPS) is 16.0. The molecule has 0 spiro atoms. The van der Waals surface area contributed by atoms with Gasteiger partial charge in [-0.05, 0) is 84.1 Å². The molecule has 45 heavy (non-hydrogen) atoms. The van der Waals surface area contributed by atoms with Crippen LogP contribution >= 0.6 is 0 Å². The zero-order chi connectivity index (χ0) is 30.8. The van der Waals surface area contributed by atoms with Crippen molar-refractivity contribution in [3.05, 3.63) is 125 Å². The van der Waals surface area contributed by atoms with Crippen molar-refractivity contribution in [1.82, 2.24) is 25.2 Å². The average Bonchev–Trinajstić information content (AvgIpc) is 3.08. The maximum Gasteiger partial charge on any atom is 0.257 e. The molecule has 2 N–H and O–H groups in total. The first-order valence-electron chi connectivity index (χ1n) is 14.7. The summed E-state index contributed by atoms with van der Waals surface area (Å²) in [5, 5.41) is 13.1. The van der Waals surface area contributed by atoms with E-state index in [9.17, 15) is 14.7 Å². The summed E-state index contributed by atoms with van der Waals surface area (Å²) in [4.78, 5) is 41.7. The van der Waals surface area contributed by atoms with Crippen LogP contribution in [0.2, 0.25) is 0 Å². The SMILES string of the molecule is O=C1NCCCOc2cccc(c2)C2c3ccc(cc3CCN2C(=O)c2cnc(-c3cccnc3)nc2)Oc2ccc(O)c1c2. The molecule has 0 fully saturated rings. The predicted octanol–water partition coefficient (Wildman–Crippen LogP) is 5.34. The number of phenolic OH excluding ortho intramolecular Hbond substituents is 1. The van der Waals surface area contributed by atoms with Gasteiger partial charge in [-0.1, -0.05) is 18.2 Å². The molecule has 8 rings (SSSR count). The van der Waals surface area contributed by atoms with Crippen molar-refractivity contribution in [2.45, 2.75) is 18.9 Å². The van der Waals surface area contributed by atoms with Gasteiger partial charge in [0.05, 0.1) is 23.8 Å². The molecule has 3 aliphatic rings. The quantitative estimate of drug-likeness (QED) is 0.279. The summed E-state index contributed by atoms with van der Waals surface area (Å²) >= 11 is 0. The van der Waals surface area contributed by atoms with Crippen molar-refractivity contribution in [1.29, 1.82) is 0 Å². The molecule has 224 valence electrons. The Labute approximate surface area is 259 Å². The second-order valence-electron chi connectivity index (χ2n) is 10.9. The predicted molar refractivity (Wildman–Crippen MR) is 165 cm³/mol. The number of carbonyl (C=O) groups excluding carboxylic acids is 2. The molecule has 1 atom stereocenters. The number of nitrogens with zero attached hydrogens (tertiary/aromatic N) is 4. The standard InChI is InChI=1S/C35H29N5O5/c41-31-10-8-28-18-30(31)34(42)37-13-3-15-44-26-6-1-4-23(17-26)32-29-9-7-27(45-28)16-22(29)11-14-40(32)35(43)25-20-38-33(39-21-25)24-5-2-12-36-19-24/h1-2,4-10,12,16-21,32,41H,3,11,13-15H2,(H,37,42). The molecule has 3 aliphatic heterocycles. The number of hydrogen-bond donors (Lipinski definition) is 2. The summed E-state index contributed by atoms with van der Waals surface area (Å²) in [6.07, 6.45) is 7.66. The van der Waals surface area contributed by atoms with E-state index in [1.165, 1.54) is 12.1 Å². The van der Waals surface area contributed by atoms with Gasteiger partial charge in [0.15, 0.2) is 5.82 Å². The third kappa shape index (κ3) is 5.77. The molecule has 0 saturated heterocycles. The summed E-state index contributed by atoms with van der Waals surface area (Å²) in [5.41, 5.74) is 4.21. The first-order valence-corrected chi connectivity index (χ1v) is 14.7. The number of phenols is 1. The largest absolute Gasteiger partial charge is 0.507 e. The number of benzene rings is 3.